The number of hydrogen-bond acceptors (Lipinski definition) is 2. The van der Waals surface area contributed by atoms with E-state index in [0.29, 0.717) is 11.8 Å². The number of hydrogen-bond donors (Lipinski definition) is 1. The Labute approximate surface area is 223 Å². The van der Waals surface area contributed by atoms with Gasteiger partial charge in [0.15, 0.2) is 0 Å². The third-order valence-electron chi connectivity index (χ3n) is 8.32. The number of nitrogen functional groups attached to an aromatic ring is 1. The second-order valence-electron chi connectivity index (χ2n) is 10.6. The van der Waals surface area contributed by atoms with E-state index in [-0.39, 0.29) is 0 Å². The molecule has 184 valence electrons. The topological polar surface area (TPSA) is 38.9 Å². The molecular formula is C36H30N2. The monoisotopic (exact) mass is 490 g/mol. The highest BCUT2D eigenvalue weighted by Crippen LogP contribution is 2.46. The summed E-state index contributed by atoms with van der Waals surface area (Å²) in [5.41, 5.74) is 15.2. The predicted octanol–water partition coefficient (Wildman–Crippen LogP) is 8.57. The van der Waals surface area contributed by atoms with Crippen molar-refractivity contribution in [2.24, 2.45) is 5.92 Å². The number of pyridine rings is 1. The maximum Gasteiger partial charge on any atom is 0.0704 e. The van der Waals surface area contributed by atoms with Crippen LogP contribution >= 0.6 is 0 Å². The molecule has 2 nitrogen and oxygen atoms in total. The molecule has 38 heavy (non-hydrogen) atoms. The van der Waals surface area contributed by atoms with Gasteiger partial charge >= 0.3 is 0 Å². The van der Waals surface area contributed by atoms with Crippen LogP contribution in [0, 0.1) is 5.92 Å². The lowest BCUT2D eigenvalue weighted by atomic mass is 9.70. The minimum atomic E-state index is 0.312. The lowest BCUT2D eigenvalue weighted by Crippen LogP contribution is -2.22. The number of nitrogens with zero attached hydrogens (tertiary/aromatic N) is 1. The van der Waals surface area contributed by atoms with E-state index in [2.05, 4.69) is 103 Å². The highest BCUT2D eigenvalue weighted by molar-refractivity contribution is 6.12. The quantitative estimate of drug-likeness (QED) is 0.198. The molecule has 2 unspecified atom stereocenters. The third-order valence-corrected chi connectivity index (χ3v) is 8.32. The van der Waals surface area contributed by atoms with Crippen LogP contribution in [0.15, 0.2) is 121 Å². The number of anilines is 1. The molecular weight excluding hydrogens is 460 g/mol. The van der Waals surface area contributed by atoms with Crippen LogP contribution < -0.4 is 5.73 Å². The molecule has 0 radical (unpaired) electrons. The van der Waals surface area contributed by atoms with E-state index >= 15 is 0 Å². The molecule has 0 bridgehead atoms. The summed E-state index contributed by atoms with van der Waals surface area (Å²) in [5, 5.41) is 5.03. The van der Waals surface area contributed by atoms with Crippen LogP contribution in [-0.2, 0) is 12.8 Å². The first kappa shape index (κ1) is 22.7. The normalized spacial score (nSPS) is 16.9. The van der Waals surface area contributed by atoms with E-state index < -0.39 is 0 Å². The van der Waals surface area contributed by atoms with Crippen molar-refractivity contribution in [1.82, 2.24) is 4.98 Å². The second kappa shape index (κ2) is 9.46. The Morgan fingerprint density at radius 3 is 2.26 bits per heavy atom. The fourth-order valence-electron chi connectivity index (χ4n) is 6.62. The van der Waals surface area contributed by atoms with E-state index in [1.165, 1.54) is 44.0 Å². The Kier molecular flexibility index (Phi) is 5.66. The molecule has 7 rings (SSSR count). The summed E-state index contributed by atoms with van der Waals surface area (Å²) in [6.45, 7) is 0. The molecule has 0 fully saturated rings. The SMILES string of the molecule is Nc1cccc2c1ccc1c3c(ccc12)C(c1ccccc1-c1ccccn1)CC(Cc1ccccc1)C3. The van der Waals surface area contributed by atoms with Crippen LogP contribution in [0.2, 0.25) is 0 Å². The van der Waals surface area contributed by atoms with Crippen molar-refractivity contribution >= 4 is 27.2 Å². The van der Waals surface area contributed by atoms with Crippen LogP contribution in [-0.4, -0.2) is 4.98 Å². The molecule has 0 aliphatic heterocycles. The maximum absolute atomic E-state index is 6.36. The van der Waals surface area contributed by atoms with Crippen molar-refractivity contribution in [3.8, 4) is 11.3 Å². The Morgan fingerprint density at radius 2 is 1.39 bits per heavy atom. The summed E-state index contributed by atoms with van der Waals surface area (Å²) in [6, 6.07) is 41.5. The molecule has 2 N–H and O–H groups in total. The summed E-state index contributed by atoms with van der Waals surface area (Å²) < 4.78 is 0. The zero-order chi connectivity index (χ0) is 25.5. The van der Waals surface area contributed by atoms with E-state index in [4.69, 9.17) is 10.7 Å². The lowest BCUT2D eigenvalue weighted by molar-refractivity contribution is 0.428. The van der Waals surface area contributed by atoms with Crippen molar-refractivity contribution in [2.45, 2.75) is 25.2 Å². The Bertz CT molecular complexity index is 1760. The zero-order valence-corrected chi connectivity index (χ0v) is 21.3. The van der Waals surface area contributed by atoms with Gasteiger partial charge in [0.05, 0.1) is 5.69 Å². The first-order valence-corrected chi connectivity index (χ1v) is 13.5. The molecule has 1 aliphatic carbocycles. The molecule has 0 saturated heterocycles. The Balaban J connectivity index is 1.43. The van der Waals surface area contributed by atoms with Crippen LogP contribution in [0.1, 0.15) is 34.6 Å². The van der Waals surface area contributed by atoms with E-state index in [1.807, 2.05) is 18.3 Å². The molecule has 1 aromatic heterocycles. The Hall–Kier alpha value is -4.43. The number of rotatable bonds is 4. The number of aromatic nitrogens is 1. The van der Waals surface area contributed by atoms with Gasteiger partial charge in [-0.1, -0.05) is 97.1 Å². The molecule has 0 spiro atoms. The first-order chi connectivity index (χ1) is 18.8. The van der Waals surface area contributed by atoms with Gasteiger partial charge in [-0.2, -0.15) is 0 Å². The van der Waals surface area contributed by atoms with Gasteiger partial charge in [0.2, 0.25) is 0 Å². The van der Waals surface area contributed by atoms with Crippen molar-refractivity contribution in [1.29, 1.82) is 0 Å². The average molecular weight is 491 g/mol. The first-order valence-electron chi connectivity index (χ1n) is 13.5. The predicted molar refractivity (Wildman–Crippen MR) is 159 cm³/mol. The molecule has 1 heterocycles. The van der Waals surface area contributed by atoms with Gasteiger partial charge in [-0.25, -0.2) is 0 Å². The van der Waals surface area contributed by atoms with Crippen LogP contribution in [0.5, 0.6) is 0 Å². The minimum Gasteiger partial charge on any atom is -0.398 e. The number of fused-ring (bicyclic) bond motifs is 5. The third kappa shape index (κ3) is 3.94. The molecule has 5 aromatic carbocycles. The molecule has 2 heteroatoms. The van der Waals surface area contributed by atoms with E-state index in [1.54, 1.807) is 0 Å². The van der Waals surface area contributed by atoms with Crippen molar-refractivity contribution in [3.05, 3.63) is 144 Å². The molecule has 2 atom stereocenters. The minimum absolute atomic E-state index is 0.312. The molecule has 6 aromatic rings. The largest absolute Gasteiger partial charge is 0.398 e. The molecule has 0 amide bonds. The van der Waals surface area contributed by atoms with Gasteiger partial charge in [-0.05, 0) is 81.8 Å². The lowest BCUT2D eigenvalue weighted by Gasteiger charge is -2.34. The van der Waals surface area contributed by atoms with Gasteiger partial charge in [0, 0.05) is 28.8 Å². The highest BCUT2D eigenvalue weighted by Gasteiger charge is 2.31. The fraction of sp³-hybridized carbons (Fsp3) is 0.139. The van der Waals surface area contributed by atoms with E-state index in [0.717, 1.165) is 36.0 Å². The summed E-state index contributed by atoms with van der Waals surface area (Å²) in [4.78, 5) is 4.73. The van der Waals surface area contributed by atoms with Gasteiger partial charge in [0.1, 0.15) is 0 Å². The van der Waals surface area contributed by atoms with Gasteiger partial charge < -0.3 is 5.73 Å². The van der Waals surface area contributed by atoms with Crippen molar-refractivity contribution in [2.75, 3.05) is 5.73 Å². The Morgan fingerprint density at radius 1 is 0.632 bits per heavy atom. The van der Waals surface area contributed by atoms with Gasteiger partial charge in [0.25, 0.3) is 0 Å². The second-order valence-corrected chi connectivity index (χ2v) is 10.6. The number of benzene rings is 5. The van der Waals surface area contributed by atoms with Crippen LogP contribution in [0.4, 0.5) is 5.69 Å². The van der Waals surface area contributed by atoms with Crippen LogP contribution in [0.25, 0.3) is 32.8 Å². The van der Waals surface area contributed by atoms with Crippen LogP contribution in [0.3, 0.4) is 0 Å². The summed E-state index contributed by atoms with van der Waals surface area (Å²) in [7, 11) is 0. The zero-order valence-electron chi connectivity index (χ0n) is 21.3. The standard InChI is InChI=1S/C36H30N2/c37-35-14-8-13-26-28-16-17-30-33(27-11-4-5-12-32(27)36-15-6-7-20-38-36)22-25(21-24-9-2-1-3-10-24)23-34(30)29(28)18-19-31(26)35/h1-20,25,33H,21-23,37H2. The maximum atomic E-state index is 6.36. The fourth-order valence-corrected chi connectivity index (χ4v) is 6.62. The van der Waals surface area contributed by atoms with Gasteiger partial charge in [-0.15, -0.1) is 0 Å². The van der Waals surface area contributed by atoms with Gasteiger partial charge in [-0.3, -0.25) is 4.98 Å². The summed E-state index contributed by atoms with van der Waals surface area (Å²) in [5.74, 6) is 0.862. The van der Waals surface area contributed by atoms with Crippen molar-refractivity contribution < 1.29 is 0 Å². The highest BCUT2D eigenvalue weighted by atomic mass is 14.7. The van der Waals surface area contributed by atoms with E-state index in [9.17, 15) is 0 Å². The molecule has 1 aliphatic rings. The summed E-state index contributed by atoms with van der Waals surface area (Å²) >= 11 is 0. The average Bonchev–Trinajstić information content (AvgIpc) is 2.97. The number of nitrogens with two attached hydrogens (primary N) is 1. The summed E-state index contributed by atoms with van der Waals surface area (Å²) in [6.07, 6.45) is 5.18. The smallest absolute Gasteiger partial charge is 0.0704 e. The molecule has 0 saturated carbocycles. The van der Waals surface area contributed by atoms with Crippen molar-refractivity contribution in [3.63, 3.8) is 0 Å².